The van der Waals surface area contributed by atoms with Crippen molar-refractivity contribution < 1.29 is 24.8 Å². The minimum Gasteiger partial charge on any atom is -0.493 e. The lowest BCUT2D eigenvalue weighted by Gasteiger charge is -2.20. The van der Waals surface area contributed by atoms with Gasteiger partial charge in [0.15, 0.2) is 0 Å². The molecule has 0 saturated carbocycles. The largest absolute Gasteiger partial charge is 0.493 e. The van der Waals surface area contributed by atoms with E-state index in [1.165, 1.54) is 70.6 Å². The predicted molar refractivity (Wildman–Crippen MR) is 109 cm³/mol. The molecule has 1 fully saturated rings. The molecule has 1 aliphatic heterocycles. The van der Waals surface area contributed by atoms with Crippen LogP contribution in [0.5, 0.6) is 0 Å². The Morgan fingerprint density at radius 2 is 1.52 bits per heavy atom. The van der Waals surface area contributed by atoms with Gasteiger partial charge in [-0.1, -0.05) is 77.6 Å². The van der Waals surface area contributed by atoms with Crippen LogP contribution in [-0.2, 0) is 9.47 Å². The van der Waals surface area contributed by atoms with Crippen LogP contribution >= 0.6 is 0 Å². The van der Waals surface area contributed by atoms with Crippen LogP contribution in [0.15, 0.2) is 12.3 Å². The summed E-state index contributed by atoms with van der Waals surface area (Å²) in [4.78, 5) is 0. The molecule has 5 nitrogen and oxygen atoms in total. The first-order valence-corrected chi connectivity index (χ1v) is 11.1. The monoisotopic (exact) mass is 386 g/mol. The van der Waals surface area contributed by atoms with Crippen LogP contribution in [0.4, 0.5) is 0 Å². The van der Waals surface area contributed by atoms with Gasteiger partial charge in [-0.25, -0.2) is 0 Å². The average Bonchev–Trinajstić information content (AvgIpc) is 3.04. The Labute approximate surface area is 165 Å². The zero-order chi connectivity index (χ0) is 19.7. The van der Waals surface area contributed by atoms with Crippen molar-refractivity contribution in [2.45, 2.75) is 115 Å². The second-order valence-corrected chi connectivity index (χ2v) is 7.76. The minimum absolute atomic E-state index is 0.228. The molecule has 1 saturated heterocycles. The van der Waals surface area contributed by atoms with E-state index in [1.54, 1.807) is 6.26 Å². The summed E-state index contributed by atoms with van der Waals surface area (Å²) in [6, 6.07) is 0. The molecule has 0 aromatic rings. The molecular weight excluding hydrogens is 344 g/mol. The molecule has 0 radical (unpaired) electrons. The van der Waals surface area contributed by atoms with Crippen molar-refractivity contribution in [2.24, 2.45) is 0 Å². The van der Waals surface area contributed by atoms with Crippen LogP contribution < -0.4 is 0 Å². The molecule has 27 heavy (non-hydrogen) atoms. The lowest BCUT2D eigenvalue weighted by molar-refractivity contribution is -0.0689. The van der Waals surface area contributed by atoms with Crippen LogP contribution in [0.3, 0.4) is 0 Å². The summed E-state index contributed by atoms with van der Waals surface area (Å²) < 4.78 is 10.8. The molecule has 5 heteroatoms. The number of hydrogen-bond acceptors (Lipinski definition) is 5. The van der Waals surface area contributed by atoms with Gasteiger partial charge in [-0.05, 0) is 18.9 Å². The van der Waals surface area contributed by atoms with Gasteiger partial charge in [0.25, 0.3) is 0 Å². The molecule has 0 aliphatic carbocycles. The zero-order valence-electron chi connectivity index (χ0n) is 17.2. The third-order valence-corrected chi connectivity index (χ3v) is 5.31. The molecule has 0 bridgehead atoms. The number of aliphatic hydroxyl groups is 3. The van der Waals surface area contributed by atoms with Crippen LogP contribution in [0.25, 0.3) is 0 Å². The molecule has 1 heterocycles. The predicted octanol–water partition coefficient (Wildman–Crippen LogP) is 4.09. The standard InChI is InChI=1S/C22H42O5/c1-2-3-4-5-6-7-8-9-10-11-12-13-14-15-16-26-20-18-27-22(21(20)25)19(24)17-23/h15-16,19-25H,2-14,17-18H2,1H3/b16-15+/t19-,20+,21-,22-/m0/s1. The third-order valence-electron chi connectivity index (χ3n) is 5.31. The number of ether oxygens (including phenoxy) is 2. The zero-order valence-corrected chi connectivity index (χ0v) is 17.2. The highest BCUT2D eigenvalue weighted by atomic mass is 16.6. The topological polar surface area (TPSA) is 79.2 Å². The van der Waals surface area contributed by atoms with Crippen LogP contribution in [0, 0.1) is 0 Å². The number of unbranched alkanes of at least 4 members (excludes halogenated alkanes) is 12. The van der Waals surface area contributed by atoms with E-state index in [9.17, 15) is 10.2 Å². The van der Waals surface area contributed by atoms with Gasteiger partial charge >= 0.3 is 0 Å². The molecule has 0 amide bonds. The van der Waals surface area contributed by atoms with Crippen molar-refractivity contribution in [3.8, 4) is 0 Å². The van der Waals surface area contributed by atoms with Crippen molar-refractivity contribution in [3.05, 3.63) is 12.3 Å². The quantitative estimate of drug-likeness (QED) is 0.259. The van der Waals surface area contributed by atoms with E-state index in [-0.39, 0.29) is 6.61 Å². The number of aliphatic hydroxyl groups excluding tert-OH is 3. The summed E-state index contributed by atoms with van der Waals surface area (Å²) in [5.41, 5.74) is 0. The van der Waals surface area contributed by atoms with Crippen molar-refractivity contribution in [1.29, 1.82) is 0 Å². The number of allylic oxidation sites excluding steroid dienone is 1. The molecule has 0 aromatic carbocycles. The third kappa shape index (κ3) is 11.1. The molecule has 4 atom stereocenters. The summed E-state index contributed by atoms with van der Waals surface area (Å²) in [6.07, 6.45) is 17.5. The first-order chi connectivity index (χ1) is 13.2. The Balaban J connectivity index is 1.88. The van der Waals surface area contributed by atoms with Crippen LogP contribution in [0.1, 0.15) is 90.4 Å². The van der Waals surface area contributed by atoms with E-state index in [0.29, 0.717) is 0 Å². The van der Waals surface area contributed by atoms with Crippen LogP contribution in [-0.4, -0.2) is 52.9 Å². The number of rotatable bonds is 17. The van der Waals surface area contributed by atoms with Crippen molar-refractivity contribution in [1.82, 2.24) is 0 Å². The summed E-state index contributed by atoms with van der Waals surface area (Å²) >= 11 is 0. The van der Waals surface area contributed by atoms with Gasteiger partial charge < -0.3 is 24.8 Å². The smallest absolute Gasteiger partial charge is 0.149 e. The highest BCUT2D eigenvalue weighted by Crippen LogP contribution is 2.20. The maximum absolute atomic E-state index is 10.0. The molecule has 3 N–H and O–H groups in total. The lowest BCUT2D eigenvalue weighted by Crippen LogP contribution is -2.40. The maximum atomic E-state index is 10.0. The van der Waals surface area contributed by atoms with Gasteiger partial charge in [-0.2, -0.15) is 0 Å². The van der Waals surface area contributed by atoms with Gasteiger partial charge in [0.1, 0.15) is 24.4 Å². The van der Waals surface area contributed by atoms with Crippen molar-refractivity contribution in [2.75, 3.05) is 13.2 Å². The average molecular weight is 387 g/mol. The Morgan fingerprint density at radius 1 is 0.963 bits per heavy atom. The molecule has 0 spiro atoms. The molecule has 1 rings (SSSR count). The highest BCUT2D eigenvalue weighted by Gasteiger charge is 2.40. The van der Waals surface area contributed by atoms with E-state index in [2.05, 4.69) is 6.92 Å². The molecule has 160 valence electrons. The fourth-order valence-corrected chi connectivity index (χ4v) is 3.50. The van der Waals surface area contributed by atoms with Gasteiger partial charge in [-0.15, -0.1) is 0 Å². The van der Waals surface area contributed by atoms with Gasteiger partial charge in [0.05, 0.1) is 19.5 Å². The van der Waals surface area contributed by atoms with Crippen molar-refractivity contribution >= 4 is 0 Å². The van der Waals surface area contributed by atoms with E-state index in [1.807, 2.05) is 6.08 Å². The Morgan fingerprint density at radius 3 is 2.07 bits per heavy atom. The molecule has 0 aromatic heterocycles. The van der Waals surface area contributed by atoms with E-state index in [4.69, 9.17) is 14.6 Å². The molecular formula is C22H42O5. The fourth-order valence-electron chi connectivity index (χ4n) is 3.50. The normalized spacial score (nSPS) is 23.9. The van der Waals surface area contributed by atoms with Gasteiger partial charge in [0.2, 0.25) is 0 Å². The number of hydrogen-bond donors (Lipinski definition) is 3. The minimum atomic E-state index is -1.07. The maximum Gasteiger partial charge on any atom is 0.149 e. The molecule has 0 unspecified atom stereocenters. The van der Waals surface area contributed by atoms with E-state index in [0.717, 1.165) is 12.8 Å². The summed E-state index contributed by atoms with van der Waals surface area (Å²) in [5.74, 6) is 0. The summed E-state index contributed by atoms with van der Waals surface area (Å²) in [5, 5.41) is 28.5. The van der Waals surface area contributed by atoms with Gasteiger partial charge in [0, 0.05) is 0 Å². The van der Waals surface area contributed by atoms with Gasteiger partial charge in [-0.3, -0.25) is 0 Å². The highest BCUT2D eigenvalue weighted by molar-refractivity contribution is 4.90. The lowest BCUT2D eigenvalue weighted by atomic mass is 10.0. The first kappa shape index (κ1) is 24.4. The fraction of sp³-hybridized carbons (Fsp3) is 0.909. The second-order valence-electron chi connectivity index (χ2n) is 7.76. The first-order valence-electron chi connectivity index (χ1n) is 11.1. The van der Waals surface area contributed by atoms with Crippen LogP contribution in [0.2, 0.25) is 0 Å². The molecule has 1 aliphatic rings. The second kappa shape index (κ2) is 16.3. The SMILES string of the molecule is CCCCCCCCCCCCCC/C=C/O[C@@H]1CO[C@@H]([C@@H](O)CO)[C@H]1O. The van der Waals surface area contributed by atoms with E-state index >= 15 is 0 Å². The summed E-state index contributed by atoms with van der Waals surface area (Å²) in [6.45, 7) is 2.06. The van der Waals surface area contributed by atoms with Crippen molar-refractivity contribution in [3.63, 3.8) is 0 Å². The Kier molecular flexibility index (Phi) is 14.8. The van der Waals surface area contributed by atoms with E-state index < -0.39 is 31.0 Å². The Bertz CT molecular complexity index is 361. The Hall–Kier alpha value is -0.620. The summed E-state index contributed by atoms with van der Waals surface area (Å²) in [7, 11) is 0.